The molecular formula is C24H30BrN3O5. The smallest absolute Gasteiger partial charge is 0.335 e. The van der Waals surface area contributed by atoms with E-state index in [2.05, 4.69) is 31.8 Å². The van der Waals surface area contributed by atoms with Crippen molar-refractivity contribution in [3.05, 3.63) is 46.4 Å². The van der Waals surface area contributed by atoms with Gasteiger partial charge < -0.3 is 24.3 Å². The number of nitrogens with zero attached hydrogens (tertiary/aromatic N) is 1. The van der Waals surface area contributed by atoms with Crippen LogP contribution in [-0.4, -0.2) is 45.7 Å². The maximum atomic E-state index is 12.0. The highest BCUT2D eigenvalue weighted by Crippen LogP contribution is 2.36. The fourth-order valence-electron chi connectivity index (χ4n) is 3.62. The molecule has 0 spiro atoms. The van der Waals surface area contributed by atoms with Crippen LogP contribution < -0.4 is 29.7 Å². The average molecular weight is 520 g/mol. The van der Waals surface area contributed by atoms with E-state index >= 15 is 0 Å². The van der Waals surface area contributed by atoms with E-state index in [1.165, 1.54) is 6.42 Å². The lowest BCUT2D eigenvalue weighted by Gasteiger charge is -2.22. The number of ether oxygens (including phenoxy) is 4. The molecule has 0 radical (unpaired) electrons. The van der Waals surface area contributed by atoms with E-state index < -0.39 is 0 Å². The number of amides is 2. The predicted octanol–water partition coefficient (Wildman–Crippen LogP) is 4.89. The second-order valence-corrected chi connectivity index (χ2v) is 8.41. The molecule has 0 unspecified atom stereocenters. The fourth-order valence-corrected chi connectivity index (χ4v) is 4.19. The first kappa shape index (κ1) is 24.7. The van der Waals surface area contributed by atoms with Gasteiger partial charge in [-0.25, -0.2) is 10.2 Å². The number of hydrazone groups is 1. The highest BCUT2D eigenvalue weighted by Gasteiger charge is 2.15. The summed E-state index contributed by atoms with van der Waals surface area (Å²) in [7, 11) is 3.17. The number of hydrogen-bond donors (Lipinski definition) is 2. The Labute approximate surface area is 202 Å². The summed E-state index contributed by atoms with van der Waals surface area (Å²) in [6, 6.07) is 11.0. The van der Waals surface area contributed by atoms with Crippen LogP contribution in [0.4, 0.5) is 4.79 Å². The molecule has 1 saturated carbocycles. The molecular weight excluding hydrogens is 490 g/mol. The minimum absolute atomic E-state index is 0.228. The molecule has 0 bridgehead atoms. The quantitative estimate of drug-likeness (QED) is 0.265. The van der Waals surface area contributed by atoms with E-state index in [0.717, 1.165) is 31.2 Å². The maximum absolute atomic E-state index is 12.0. The molecule has 1 fully saturated rings. The van der Waals surface area contributed by atoms with Gasteiger partial charge in [0.05, 0.1) is 24.9 Å². The largest absolute Gasteiger partial charge is 0.493 e. The molecule has 8 nitrogen and oxygen atoms in total. The third-order valence-corrected chi connectivity index (χ3v) is 5.82. The number of rotatable bonds is 10. The summed E-state index contributed by atoms with van der Waals surface area (Å²) in [6.07, 6.45) is 7.15. The fraction of sp³-hybridized carbons (Fsp3) is 0.417. The third kappa shape index (κ3) is 7.56. The SMILES string of the molecule is COc1ccccc1OCCOc1c(Br)cc(C=NNC(=O)NC2CCCCC2)cc1OC. The molecule has 0 heterocycles. The van der Waals surface area contributed by atoms with Crippen molar-refractivity contribution < 1.29 is 23.7 Å². The Kier molecular flexibility index (Phi) is 9.68. The molecule has 178 valence electrons. The van der Waals surface area contributed by atoms with Crippen LogP contribution >= 0.6 is 15.9 Å². The lowest BCUT2D eigenvalue weighted by atomic mass is 9.96. The maximum Gasteiger partial charge on any atom is 0.335 e. The number of urea groups is 1. The Hall–Kier alpha value is -2.94. The predicted molar refractivity (Wildman–Crippen MR) is 131 cm³/mol. The van der Waals surface area contributed by atoms with Gasteiger partial charge in [0.15, 0.2) is 23.0 Å². The van der Waals surface area contributed by atoms with Gasteiger partial charge in [0, 0.05) is 6.04 Å². The number of hydrogen-bond acceptors (Lipinski definition) is 6. The van der Waals surface area contributed by atoms with E-state index in [4.69, 9.17) is 18.9 Å². The molecule has 33 heavy (non-hydrogen) atoms. The Balaban J connectivity index is 1.52. The van der Waals surface area contributed by atoms with Crippen molar-refractivity contribution in [1.82, 2.24) is 10.7 Å². The first-order valence-corrected chi connectivity index (χ1v) is 11.8. The van der Waals surface area contributed by atoms with Crippen LogP contribution in [0, 0.1) is 0 Å². The molecule has 0 atom stereocenters. The van der Waals surface area contributed by atoms with E-state index in [1.54, 1.807) is 26.5 Å². The Bertz CT molecular complexity index is 948. The Morgan fingerprint density at radius 1 is 1.03 bits per heavy atom. The average Bonchev–Trinajstić information content (AvgIpc) is 2.83. The van der Waals surface area contributed by atoms with E-state index in [9.17, 15) is 4.79 Å². The number of halogens is 1. The molecule has 2 N–H and O–H groups in total. The van der Waals surface area contributed by atoms with E-state index in [1.807, 2.05) is 30.3 Å². The molecule has 2 aromatic carbocycles. The van der Waals surface area contributed by atoms with Crippen LogP contribution in [0.1, 0.15) is 37.7 Å². The number of carbonyl (C=O) groups is 1. The van der Waals surface area contributed by atoms with Crippen molar-refractivity contribution in [1.29, 1.82) is 0 Å². The minimum atomic E-state index is -0.292. The van der Waals surface area contributed by atoms with Gasteiger partial charge >= 0.3 is 6.03 Å². The molecule has 3 rings (SSSR count). The van der Waals surface area contributed by atoms with Crippen molar-refractivity contribution in [2.45, 2.75) is 38.1 Å². The monoisotopic (exact) mass is 519 g/mol. The molecule has 0 aliphatic heterocycles. The topological polar surface area (TPSA) is 90.4 Å². The summed E-state index contributed by atoms with van der Waals surface area (Å²) in [5.74, 6) is 2.41. The number of benzene rings is 2. The highest BCUT2D eigenvalue weighted by molar-refractivity contribution is 9.10. The van der Waals surface area contributed by atoms with Crippen LogP contribution in [-0.2, 0) is 0 Å². The Morgan fingerprint density at radius 3 is 2.45 bits per heavy atom. The summed E-state index contributed by atoms with van der Waals surface area (Å²) >= 11 is 3.52. The van der Waals surface area contributed by atoms with Gasteiger partial charge in [0.25, 0.3) is 0 Å². The van der Waals surface area contributed by atoms with Gasteiger partial charge in [-0.05, 0) is 58.6 Å². The third-order valence-electron chi connectivity index (χ3n) is 5.23. The van der Waals surface area contributed by atoms with Crippen molar-refractivity contribution in [3.8, 4) is 23.0 Å². The van der Waals surface area contributed by atoms with Gasteiger partial charge in [-0.2, -0.15) is 5.10 Å². The lowest BCUT2D eigenvalue weighted by molar-refractivity contribution is 0.205. The normalized spacial score (nSPS) is 14.0. The van der Waals surface area contributed by atoms with Crippen molar-refractivity contribution >= 4 is 28.2 Å². The summed E-state index contributed by atoms with van der Waals surface area (Å²) in [6.45, 7) is 0.641. The van der Waals surface area contributed by atoms with Gasteiger partial charge in [0.2, 0.25) is 0 Å². The van der Waals surface area contributed by atoms with Crippen molar-refractivity contribution in [3.63, 3.8) is 0 Å². The molecule has 2 aromatic rings. The minimum Gasteiger partial charge on any atom is -0.493 e. The molecule has 0 saturated heterocycles. The van der Waals surface area contributed by atoms with Gasteiger partial charge in [-0.15, -0.1) is 0 Å². The van der Waals surface area contributed by atoms with Gasteiger partial charge in [0.1, 0.15) is 13.2 Å². The van der Waals surface area contributed by atoms with Crippen LogP contribution in [0.2, 0.25) is 0 Å². The second kappa shape index (κ2) is 12.9. The van der Waals surface area contributed by atoms with Crippen LogP contribution in [0.25, 0.3) is 0 Å². The summed E-state index contributed by atoms with van der Waals surface area (Å²) in [5.41, 5.74) is 3.27. The standard InChI is InChI=1S/C24H30BrN3O5/c1-30-20-10-6-7-11-21(20)32-12-13-33-23-19(25)14-17(15-22(23)31-2)16-26-28-24(29)27-18-8-4-3-5-9-18/h6-7,10-11,14-16,18H,3-5,8-9,12-13H2,1-2H3,(H2,27,28,29). The summed E-state index contributed by atoms with van der Waals surface area (Å²) in [5, 5.41) is 7.00. The van der Waals surface area contributed by atoms with E-state index in [0.29, 0.717) is 40.7 Å². The summed E-state index contributed by atoms with van der Waals surface area (Å²) in [4.78, 5) is 12.0. The highest BCUT2D eigenvalue weighted by atomic mass is 79.9. The second-order valence-electron chi connectivity index (χ2n) is 7.56. The van der Waals surface area contributed by atoms with Crippen LogP contribution in [0.3, 0.4) is 0 Å². The number of methoxy groups -OCH3 is 2. The Morgan fingerprint density at radius 2 is 1.73 bits per heavy atom. The molecule has 0 aromatic heterocycles. The number of carbonyl (C=O) groups excluding carboxylic acids is 1. The van der Waals surface area contributed by atoms with Crippen LogP contribution in [0.5, 0.6) is 23.0 Å². The molecule has 1 aliphatic carbocycles. The number of nitrogens with one attached hydrogen (secondary N) is 2. The lowest BCUT2D eigenvalue weighted by Crippen LogP contribution is -2.41. The van der Waals surface area contributed by atoms with Crippen molar-refractivity contribution in [2.24, 2.45) is 5.10 Å². The van der Waals surface area contributed by atoms with Crippen molar-refractivity contribution in [2.75, 3.05) is 27.4 Å². The zero-order chi connectivity index (χ0) is 23.5. The first-order valence-electron chi connectivity index (χ1n) is 11.0. The molecule has 1 aliphatic rings. The van der Waals surface area contributed by atoms with E-state index in [-0.39, 0.29) is 12.1 Å². The first-order chi connectivity index (χ1) is 16.1. The zero-order valence-electron chi connectivity index (χ0n) is 18.9. The summed E-state index contributed by atoms with van der Waals surface area (Å²) < 4.78 is 23.1. The zero-order valence-corrected chi connectivity index (χ0v) is 20.5. The van der Waals surface area contributed by atoms with Gasteiger partial charge in [-0.3, -0.25) is 0 Å². The van der Waals surface area contributed by atoms with Crippen LogP contribution in [0.15, 0.2) is 46.0 Å². The molecule has 2 amide bonds. The molecule has 9 heteroatoms. The van der Waals surface area contributed by atoms with Gasteiger partial charge in [-0.1, -0.05) is 31.4 Å². The number of para-hydroxylation sites is 2.